The minimum absolute atomic E-state index is 0.0238. The van der Waals surface area contributed by atoms with Crippen molar-refractivity contribution in [1.29, 1.82) is 0 Å². The zero-order valence-corrected chi connectivity index (χ0v) is 11.9. The highest BCUT2D eigenvalue weighted by Crippen LogP contribution is 2.48. The molecule has 0 saturated carbocycles. The van der Waals surface area contributed by atoms with E-state index in [0.29, 0.717) is 11.5 Å². The summed E-state index contributed by atoms with van der Waals surface area (Å²) in [6.45, 7) is 10.4. The molecule has 0 radical (unpaired) electrons. The molecule has 0 aromatic rings. The monoisotopic (exact) mass is 262 g/mol. The maximum absolute atomic E-state index is 11.7. The van der Waals surface area contributed by atoms with Crippen LogP contribution >= 0.6 is 0 Å². The summed E-state index contributed by atoms with van der Waals surface area (Å²) in [5.41, 5.74) is 1.90. The fraction of sp³-hybridized carbons (Fsp3) is 0.688. The Kier molecular flexibility index (Phi) is 2.86. The lowest BCUT2D eigenvalue weighted by Crippen LogP contribution is -2.23. The molecular formula is C16H22O3. The summed E-state index contributed by atoms with van der Waals surface area (Å²) in [5, 5.41) is 0. The van der Waals surface area contributed by atoms with E-state index in [2.05, 4.69) is 33.4 Å². The molecule has 0 unspecified atom stereocenters. The maximum atomic E-state index is 11.7. The first kappa shape index (κ1) is 12.9. The van der Waals surface area contributed by atoms with Crippen molar-refractivity contribution in [3.05, 3.63) is 23.8 Å². The fourth-order valence-electron chi connectivity index (χ4n) is 3.72. The van der Waals surface area contributed by atoms with Gasteiger partial charge in [0.05, 0.1) is 11.7 Å². The maximum Gasteiger partial charge on any atom is 0.334 e. The molecule has 3 rings (SSSR count). The lowest BCUT2D eigenvalue weighted by atomic mass is 9.82. The second-order valence-corrected chi connectivity index (χ2v) is 6.63. The first-order valence-corrected chi connectivity index (χ1v) is 7.14. The Hall–Kier alpha value is -1.09. The Morgan fingerprint density at radius 1 is 1.47 bits per heavy atom. The predicted molar refractivity (Wildman–Crippen MR) is 72.6 cm³/mol. The van der Waals surface area contributed by atoms with Crippen molar-refractivity contribution in [3.63, 3.8) is 0 Å². The number of ether oxygens (including phenoxy) is 2. The first-order valence-electron chi connectivity index (χ1n) is 7.14. The first-order chi connectivity index (χ1) is 8.89. The summed E-state index contributed by atoms with van der Waals surface area (Å²) in [7, 11) is 0. The van der Waals surface area contributed by atoms with Crippen LogP contribution in [0.1, 0.15) is 40.0 Å². The quantitative estimate of drug-likeness (QED) is 0.291. The lowest BCUT2D eigenvalue weighted by molar-refractivity contribution is -0.139. The van der Waals surface area contributed by atoms with Gasteiger partial charge in [-0.25, -0.2) is 4.79 Å². The van der Waals surface area contributed by atoms with Gasteiger partial charge in [0.25, 0.3) is 0 Å². The summed E-state index contributed by atoms with van der Waals surface area (Å²) < 4.78 is 11.4. The van der Waals surface area contributed by atoms with E-state index in [1.54, 1.807) is 0 Å². The van der Waals surface area contributed by atoms with E-state index < -0.39 is 0 Å². The summed E-state index contributed by atoms with van der Waals surface area (Å²) in [4.78, 5) is 11.7. The topological polar surface area (TPSA) is 38.8 Å². The van der Waals surface area contributed by atoms with Crippen molar-refractivity contribution < 1.29 is 14.3 Å². The van der Waals surface area contributed by atoms with Gasteiger partial charge >= 0.3 is 5.97 Å². The molecular weight excluding hydrogens is 240 g/mol. The van der Waals surface area contributed by atoms with Gasteiger partial charge in [0, 0.05) is 17.9 Å². The van der Waals surface area contributed by atoms with Gasteiger partial charge in [-0.15, -0.1) is 0 Å². The van der Waals surface area contributed by atoms with Gasteiger partial charge in [0.2, 0.25) is 0 Å². The molecule has 0 aromatic carbocycles. The van der Waals surface area contributed by atoms with Crippen molar-refractivity contribution >= 4 is 5.97 Å². The van der Waals surface area contributed by atoms with Crippen LogP contribution in [0.3, 0.4) is 0 Å². The largest absolute Gasteiger partial charge is 0.458 e. The summed E-state index contributed by atoms with van der Waals surface area (Å²) in [6, 6.07) is 0. The molecule has 0 N–H and O–H groups in total. The smallest absolute Gasteiger partial charge is 0.334 e. The van der Waals surface area contributed by atoms with Crippen LogP contribution in [0.5, 0.6) is 0 Å². The van der Waals surface area contributed by atoms with Crippen LogP contribution in [0.15, 0.2) is 23.8 Å². The third kappa shape index (κ3) is 2.25. The molecule has 0 aromatic heterocycles. The van der Waals surface area contributed by atoms with Crippen molar-refractivity contribution in [2.24, 2.45) is 11.8 Å². The number of allylic oxidation sites excluding steroid dienone is 1. The van der Waals surface area contributed by atoms with Gasteiger partial charge in [-0.1, -0.05) is 25.2 Å². The van der Waals surface area contributed by atoms with Gasteiger partial charge in [0.15, 0.2) is 0 Å². The van der Waals surface area contributed by atoms with E-state index in [1.807, 2.05) is 0 Å². The Bertz CT molecular complexity index is 465. The number of epoxide rings is 1. The molecule has 0 bridgehead atoms. The molecule has 2 aliphatic heterocycles. The molecule has 19 heavy (non-hydrogen) atoms. The average Bonchev–Trinajstić information content (AvgIpc) is 2.84. The van der Waals surface area contributed by atoms with E-state index in [0.717, 1.165) is 19.3 Å². The number of rotatable bonds is 0. The highest BCUT2D eigenvalue weighted by atomic mass is 16.6. The van der Waals surface area contributed by atoms with E-state index in [1.165, 1.54) is 5.57 Å². The normalized spacial score (nSPS) is 45.9. The van der Waals surface area contributed by atoms with E-state index in [4.69, 9.17) is 9.47 Å². The fourth-order valence-corrected chi connectivity index (χ4v) is 3.72. The molecule has 2 fully saturated rings. The lowest BCUT2D eigenvalue weighted by Gasteiger charge is -2.21. The Morgan fingerprint density at radius 2 is 2.21 bits per heavy atom. The van der Waals surface area contributed by atoms with Crippen molar-refractivity contribution in [2.75, 3.05) is 0 Å². The Morgan fingerprint density at radius 3 is 2.95 bits per heavy atom. The van der Waals surface area contributed by atoms with Crippen LogP contribution in [0.4, 0.5) is 0 Å². The van der Waals surface area contributed by atoms with E-state index in [-0.39, 0.29) is 29.7 Å². The zero-order valence-electron chi connectivity index (χ0n) is 11.9. The molecule has 3 heteroatoms. The zero-order chi connectivity index (χ0) is 13.8. The van der Waals surface area contributed by atoms with Crippen LogP contribution in [-0.2, 0) is 14.3 Å². The molecule has 5 atom stereocenters. The summed E-state index contributed by atoms with van der Waals surface area (Å²) in [5.74, 6) is 0.403. The van der Waals surface area contributed by atoms with Crippen LogP contribution in [-0.4, -0.2) is 23.8 Å². The molecule has 1 aliphatic carbocycles. The number of hydrogen-bond acceptors (Lipinski definition) is 3. The number of fused-ring (bicyclic) bond motifs is 2. The highest BCUT2D eigenvalue weighted by molar-refractivity contribution is 5.90. The second kappa shape index (κ2) is 4.20. The van der Waals surface area contributed by atoms with Crippen molar-refractivity contribution in [1.82, 2.24) is 0 Å². The van der Waals surface area contributed by atoms with Crippen LogP contribution in [0.2, 0.25) is 0 Å². The summed E-state index contributed by atoms with van der Waals surface area (Å²) >= 11 is 0. The van der Waals surface area contributed by atoms with Gasteiger partial charge in [-0.05, 0) is 32.6 Å². The number of carbonyl (C=O) groups excluding carboxylic acids is 1. The van der Waals surface area contributed by atoms with Crippen LogP contribution in [0, 0.1) is 11.8 Å². The number of carbonyl (C=O) groups is 1. The third-order valence-electron chi connectivity index (χ3n) is 4.74. The van der Waals surface area contributed by atoms with Gasteiger partial charge in [0.1, 0.15) is 6.10 Å². The Balaban J connectivity index is 1.88. The molecule has 2 heterocycles. The highest BCUT2D eigenvalue weighted by Gasteiger charge is 2.55. The summed E-state index contributed by atoms with van der Waals surface area (Å²) in [6.07, 6.45) is 5.24. The van der Waals surface area contributed by atoms with E-state index >= 15 is 0 Å². The molecule has 0 amide bonds. The SMILES string of the molecule is C=C1C(=O)O[C@@H]2CC(C)=C[C@@H](C)C[C@@]3(C)O[C@H]3C[C@H]12. The average molecular weight is 262 g/mol. The van der Waals surface area contributed by atoms with Gasteiger partial charge in [-0.2, -0.15) is 0 Å². The number of hydrogen-bond donors (Lipinski definition) is 0. The molecule has 104 valence electrons. The van der Waals surface area contributed by atoms with E-state index in [9.17, 15) is 4.79 Å². The molecule has 2 saturated heterocycles. The minimum Gasteiger partial charge on any atom is -0.458 e. The van der Waals surface area contributed by atoms with Crippen molar-refractivity contribution in [2.45, 2.75) is 57.8 Å². The minimum atomic E-state index is -0.225. The second-order valence-electron chi connectivity index (χ2n) is 6.63. The van der Waals surface area contributed by atoms with Crippen molar-refractivity contribution in [3.8, 4) is 0 Å². The van der Waals surface area contributed by atoms with Gasteiger partial charge < -0.3 is 9.47 Å². The predicted octanol–water partition coefficient (Wildman–Crippen LogP) is 3.01. The van der Waals surface area contributed by atoms with Crippen LogP contribution < -0.4 is 0 Å². The van der Waals surface area contributed by atoms with Crippen LogP contribution in [0.25, 0.3) is 0 Å². The third-order valence-corrected chi connectivity index (χ3v) is 4.74. The molecule has 0 spiro atoms. The molecule has 3 aliphatic rings. The Labute approximate surface area is 114 Å². The standard InChI is InChI=1S/C16H22O3/c1-9-5-10(2)8-16(4)14(19-16)7-12-11(3)15(17)18-13(12)6-9/h5,10,12-14H,3,6-8H2,1-2,4H3/t10-,12-,13-,14+,16-/m1/s1. The number of esters is 1. The molecule has 3 nitrogen and oxygen atoms in total. The van der Waals surface area contributed by atoms with Gasteiger partial charge in [-0.3, -0.25) is 0 Å².